The Morgan fingerprint density at radius 1 is 1.50 bits per heavy atom. The Balaban J connectivity index is 2.11. The van der Waals surface area contributed by atoms with E-state index in [1.807, 2.05) is 0 Å². The van der Waals surface area contributed by atoms with E-state index in [4.69, 9.17) is 31.5 Å². The van der Waals surface area contributed by atoms with E-state index in [9.17, 15) is 5.11 Å². The molecule has 3 N–H and O–H groups in total. The van der Waals surface area contributed by atoms with Gasteiger partial charge in [-0.1, -0.05) is 11.6 Å². The van der Waals surface area contributed by atoms with E-state index in [0.717, 1.165) is 0 Å². The molecule has 0 aliphatic carbocycles. The third kappa shape index (κ3) is 2.16. The summed E-state index contributed by atoms with van der Waals surface area (Å²) < 4.78 is 15.6. The highest BCUT2D eigenvalue weighted by Crippen LogP contribution is 2.44. The lowest BCUT2D eigenvalue weighted by Crippen LogP contribution is -2.26. The molecule has 1 heterocycles. The summed E-state index contributed by atoms with van der Waals surface area (Å²) in [6, 6.07) is 3.37. The number of rotatable bonds is 4. The fourth-order valence-electron chi connectivity index (χ4n) is 1.29. The molecule has 1 aliphatic heterocycles. The van der Waals surface area contributed by atoms with Crippen molar-refractivity contribution >= 4 is 11.6 Å². The molecule has 1 atom stereocenters. The molecule has 1 aromatic rings. The van der Waals surface area contributed by atoms with Gasteiger partial charge in [0.2, 0.25) is 6.79 Å². The third-order valence-electron chi connectivity index (χ3n) is 2.15. The number of hydrogen-bond donors (Lipinski definition) is 2. The zero-order valence-electron chi connectivity index (χ0n) is 8.48. The molecule has 0 unspecified atom stereocenters. The first-order chi connectivity index (χ1) is 7.72. The Labute approximate surface area is 97.7 Å². The second-order valence-electron chi connectivity index (χ2n) is 3.31. The van der Waals surface area contributed by atoms with Gasteiger partial charge in [0.05, 0.1) is 0 Å². The van der Waals surface area contributed by atoms with Crippen LogP contribution in [-0.4, -0.2) is 31.2 Å². The molecule has 0 radical (unpaired) electrons. The molecule has 5 nitrogen and oxygen atoms in total. The smallest absolute Gasteiger partial charge is 0.231 e. The number of halogens is 1. The van der Waals surface area contributed by atoms with Gasteiger partial charge in [0.15, 0.2) is 11.5 Å². The topological polar surface area (TPSA) is 73.9 Å². The number of aliphatic hydroxyl groups excluding tert-OH is 1. The Kier molecular flexibility index (Phi) is 3.38. The molecule has 0 saturated heterocycles. The monoisotopic (exact) mass is 245 g/mol. The highest BCUT2D eigenvalue weighted by Gasteiger charge is 2.20. The molecule has 0 spiro atoms. The summed E-state index contributed by atoms with van der Waals surface area (Å²) >= 11 is 6.04. The molecule has 0 fully saturated rings. The molecule has 88 valence electrons. The van der Waals surface area contributed by atoms with Crippen molar-refractivity contribution in [3.8, 4) is 17.2 Å². The average Bonchev–Trinajstić information content (AvgIpc) is 2.76. The fourth-order valence-corrected chi connectivity index (χ4v) is 1.55. The normalized spacial score (nSPS) is 14.9. The van der Waals surface area contributed by atoms with Crippen molar-refractivity contribution < 1.29 is 19.3 Å². The second-order valence-corrected chi connectivity index (χ2v) is 3.69. The maximum Gasteiger partial charge on any atom is 0.231 e. The molecule has 2 rings (SSSR count). The van der Waals surface area contributed by atoms with E-state index in [1.54, 1.807) is 12.1 Å². The number of hydrogen-bond acceptors (Lipinski definition) is 5. The first kappa shape index (κ1) is 11.3. The minimum absolute atomic E-state index is 0.0931. The van der Waals surface area contributed by atoms with Gasteiger partial charge in [0.25, 0.3) is 0 Å². The predicted molar refractivity (Wildman–Crippen MR) is 58.1 cm³/mol. The molecular formula is C10H12ClNO4. The standard InChI is InChI=1S/C10H12ClNO4/c11-9-7(14-4-6(13)3-12)1-2-8-10(9)16-5-15-8/h1-2,6,13H,3-5,12H2/t6-/m1/s1. The lowest BCUT2D eigenvalue weighted by Gasteiger charge is -2.12. The number of fused-ring (bicyclic) bond motifs is 1. The van der Waals surface area contributed by atoms with Crippen LogP contribution in [0.1, 0.15) is 0 Å². The van der Waals surface area contributed by atoms with Crippen molar-refractivity contribution in [3.05, 3.63) is 17.2 Å². The average molecular weight is 246 g/mol. The zero-order chi connectivity index (χ0) is 11.5. The van der Waals surface area contributed by atoms with Crippen LogP contribution in [0.2, 0.25) is 5.02 Å². The maximum absolute atomic E-state index is 9.25. The number of ether oxygens (including phenoxy) is 3. The van der Waals surface area contributed by atoms with E-state index in [0.29, 0.717) is 22.3 Å². The maximum atomic E-state index is 9.25. The van der Waals surface area contributed by atoms with Gasteiger partial charge in [-0.3, -0.25) is 0 Å². The summed E-state index contributed by atoms with van der Waals surface area (Å²) in [5.74, 6) is 1.51. The van der Waals surface area contributed by atoms with Gasteiger partial charge in [0, 0.05) is 6.54 Å². The van der Waals surface area contributed by atoms with Crippen LogP contribution in [0.4, 0.5) is 0 Å². The first-order valence-corrected chi connectivity index (χ1v) is 5.19. The molecule has 1 aliphatic rings. The van der Waals surface area contributed by atoms with Gasteiger partial charge in [-0.15, -0.1) is 0 Å². The number of benzene rings is 1. The quantitative estimate of drug-likeness (QED) is 0.820. The summed E-state index contributed by atoms with van der Waals surface area (Å²) in [7, 11) is 0. The Hall–Kier alpha value is -1.17. The highest BCUT2D eigenvalue weighted by atomic mass is 35.5. The molecule has 0 bridgehead atoms. The van der Waals surface area contributed by atoms with Crippen LogP contribution in [0.5, 0.6) is 17.2 Å². The second kappa shape index (κ2) is 4.78. The van der Waals surface area contributed by atoms with E-state index in [2.05, 4.69) is 0 Å². The van der Waals surface area contributed by atoms with Gasteiger partial charge in [-0.05, 0) is 12.1 Å². The summed E-state index contributed by atoms with van der Waals surface area (Å²) in [6.07, 6.45) is -0.707. The first-order valence-electron chi connectivity index (χ1n) is 4.81. The van der Waals surface area contributed by atoms with Crippen molar-refractivity contribution in [2.75, 3.05) is 19.9 Å². The van der Waals surface area contributed by atoms with Crippen LogP contribution >= 0.6 is 11.6 Å². The molecule has 16 heavy (non-hydrogen) atoms. The van der Waals surface area contributed by atoms with Crippen LogP contribution in [0, 0.1) is 0 Å². The van der Waals surface area contributed by atoms with E-state index >= 15 is 0 Å². The highest BCUT2D eigenvalue weighted by molar-refractivity contribution is 6.33. The minimum Gasteiger partial charge on any atom is -0.489 e. The van der Waals surface area contributed by atoms with Crippen LogP contribution in [0.3, 0.4) is 0 Å². The van der Waals surface area contributed by atoms with Crippen LogP contribution < -0.4 is 19.9 Å². The van der Waals surface area contributed by atoms with E-state index in [1.165, 1.54) is 0 Å². The van der Waals surface area contributed by atoms with Crippen molar-refractivity contribution in [2.24, 2.45) is 5.73 Å². The molecule has 6 heteroatoms. The summed E-state index contributed by atoms with van der Waals surface area (Å²) in [4.78, 5) is 0. The van der Waals surface area contributed by atoms with Crippen LogP contribution in [0.15, 0.2) is 12.1 Å². The van der Waals surface area contributed by atoms with E-state index in [-0.39, 0.29) is 19.9 Å². The largest absolute Gasteiger partial charge is 0.489 e. The van der Waals surface area contributed by atoms with Crippen LogP contribution in [0.25, 0.3) is 0 Å². The molecule has 0 aromatic heterocycles. The Morgan fingerprint density at radius 2 is 2.31 bits per heavy atom. The van der Waals surface area contributed by atoms with Crippen molar-refractivity contribution in [1.82, 2.24) is 0 Å². The predicted octanol–water partition coefficient (Wildman–Crippen LogP) is 0.767. The Bertz CT molecular complexity index is 385. The van der Waals surface area contributed by atoms with E-state index < -0.39 is 6.10 Å². The summed E-state index contributed by atoms with van der Waals surface area (Å²) in [5, 5.41) is 9.60. The molecule has 1 aromatic carbocycles. The van der Waals surface area contributed by atoms with Crippen molar-refractivity contribution in [3.63, 3.8) is 0 Å². The van der Waals surface area contributed by atoms with Gasteiger partial charge in [0.1, 0.15) is 23.5 Å². The van der Waals surface area contributed by atoms with Gasteiger partial charge >= 0.3 is 0 Å². The lowest BCUT2D eigenvalue weighted by molar-refractivity contribution is 0.114. The third-order valence-corrected chi connectivity index (χ3v) is 2.50. The SMILES string of the molecule is NC[C@@H](O)COc1ccc2c(c1Cl)OCO2. The fraction of sp³-hybridized carbons (Fsp3) is 0.400. The Morgan fingerprint density at radius 3 is 3.06 bits per heavy atom. The zero-order valence-corrected chi connectivity index (χ0v) is 9.24. The number of nitrogens with two attached hydrogens (primary N) is 1. The van der Waals surface area contributed by atoms with Gasteiger partial charge in [-0.2, -0.15) is 0 Å². The molecule has 0 saturated carbocycles. The van der Waals surface area contributed by atoms with Crippen LogP contribution in [-0.2, 0) is 0 Å². The molecular weight excluding hydrogens is 234 g/mol. The van der Waals surface area contributed by atoms with Gasteiger partial charge in [-0.25, -0.2) is 0 Å². The summed E-state index contributed by atoms with van der Waals surface area (Å²) in [6.45, 7) is 0.391. The van der Waals surface area contributed by atoms with Crippen molar-refractivity contribution in [2.45, 2.75) is 6.10 Å². The molecule has 0 amide bonds. The van der Waals surface area contributed by atoms with Crippen molar-refractivity contribution in [1.29, 1.82) is 0 Å². The minimum atomic E-state index is -0.707. The van der Waals surface area contributed by atoms with Gasteiger partial charge < -0.3 is 25.1 Å². The summed E-state index contributed by atoms with van der Waals surface area (Å²) in [5.41, 5.74) is 5.26. The lowest BCUT2D eigenvalue weighted by atomic mass is 10.3. The number of aliphatic hydroxyl groups is 1.